The van der Waals surface area contributed by atoms with Crippen LogP contribution in [0.5, 0.6) is 5.75 Å². The van der Waals surface area contributed by atoms with Crippen molar-refractivity contribution in [2.75, 3.05) is 6.54 Å². The molecule has 10 heteroatoms. The number of hydrogen-bond acceptors (Lipinski definition) is 10. The molecule has 4 N–H and O–H groups in total. The fourth-order valence-corrected chi connectivity index (χ4v) is 3.68. The van der Waals surface area contributed by atoms with Crippen molar-refractivity contribution in [3.8, 4) is 5.75 Å². The van der Waals surface area contributed by atoms with E-state index in [0.29, 0.717) is 12.1 Å². The summed E-state index contributed by atoms with van der Waals surface area (Å²) in [4.78, 5) is 54.0. The highest BCUT2D eigenvalue weighted by molar-refractivity contribution is 6.29. The van der Waals surface area contributed by atoms with E-state index in [1.54, 1.807) is 18.2 Å². The summed E-state index contributed by atoms with van der Waals surface area (Å²) in [6, 6.07) is 9.40. The summed E-state index contributed by atoms with van der Waals surface area (Å²) in [5, 5.41) is 1.30. The second-order valence-electron chi connectivity index (χ2n) is 7.99. The number of ketones is 3. The number of furan rings is 1. The van der Waals surface area contributed by atoms with Gasteiger partial charge in [0.25, 0.3) is 0 Å². The molecule has 0 radical (unpaired) electrons. The molecule has 10 nitrogen and oxygen atoms in total. The number of hydrazine groups is 1. The van der Waals surface area contributed by atoms with Crippen molar-refractivity contribution >= 4 is 29.0 Å². The number of ether oxygens (including phenoxy) is 1. The van der Waals surface area contributed by atoms with Crippen molar-refractivity contribution in [2.24, 2.45) is 11.6 Å². The van der Waals surface area contributed by atoms with Crippen LogP contribution in [-0.4, -0.2) is 39.9 Å². The molecule has 2 aromatic heterocycles. The summed E-state index contributed by atoms with van der Waals surface area (Å²) in [5.41, 5.74) is 6.67. The lowest BCUT2D eigenvalue weighted by Crippen LogP contribution is -2.28. The van der Waals surface area contributed by atoms with Gasteiger partial charge in [0.1, 0.15) is 28.6 Å². The molecular formula is C25H22N4O6. The second-order valence-corrected chi connectivity index (χ2v) is 7.99. The minimum atomic E-state index is -0.866. The van der Waals surface area contributed by atoms with Crippen LogP contribution in [0.2, 0.25) is 0 Å². The van der Waals surface area contributed by atoms with E-state index < -0.39 is 17.5 Å². The molecule has 4 rings (SSSR count). The Balaban J connectivity index is 1.59. The van der Waals surface area contributed by atoms with Crippen molar-refractivity contribution < 1.29 is 28.3 Å². The number of benzene rings is 1. The van der Waals surface area contributed by atoms with E-state index in [-0.39, 0.29) is 57.6 Å². The summed E-state index contributed by atoms with van der Waals surface area (Å²) < 4.78 is 11.0. The molecule has 1 aromatic carbocycles. The third kappa shape index (κ3) is 4.59. The number of aromatic nitrogens is 1. The Hall–Kier alpha value is -4.57. The first-order chi connectivity index (χ1) is 16.7. The Morgan fingerprint density at radius 1 is 1.17 bits per heavy atom. The van der Waals surface area contributed by atoms with Crippen LogP contribution in [-0.2, 0) is 4.79 Å². The van der Waals surface area contributed by atoms with Gasteiger partial charge in [-0.1, -0.05) is 12.1 Å². The molecule has 178 valence electrons. The number of aryl methyl sites for hydroxylation is 1. The quantitative estimate of drug-likeness (QED) is 0.176. The lowest BCUT2D eigenvalue weighted by Gasteiger charge is -2.14. The summed E-state index contributed by atoms with van der Waals surface area (Å²) in [6.45, 7) is 3.23. The molecule has 1 aliphatic carbocycles. The number of Topliss-reactive ketones (excluding diaryl/α,β-unsaturated/α-hetero) is 1. The van der Waals surface area contributed by atoms with E-state index in [9.17, 15) is 19.2 Å². The molecule has 0 spiro atoms. The van der Waals surface area contributed by atoms with Gasteiger partial charge < -0.3 is 19.9 Å². The Bertz CT molecular complexity index is 1400. The number of carbonyl (C=O) groups excluding carboxylic acids is 4. The highest BCUT2D eigenvalue weighted by Gasteiger charge is 2.39. The fraction of sp³-hybridized carbons (Fsp3) is 0.160. The number of fused-ring (bicyclic) bond motifs is 2. The third-order valence-electron chi connectivity index (χ3n) is 5.39. The third-order valence-corrected chi connectivity index (χ3v) is 5.39. The van der Waals surface area contributed by atoms with E-state index >= 15 is 0 Å². The van der Waals surface area contributed by atoms with Crippen LogP contribution in [0, 0.1) is 6.92 Å². The Kier molecular flexibility index (Phi) is 6.30. The molecule has 0 unspecified atom stereocenters. The topological polar surface area (TPSA) is 159 Å². The first-order valence-electron chi connectivity index (χ1n) is 10.7. The number of hydrogen-bond donors (Lipinski definition) is 2. The number of rotatable bonds is 7. The predicted octanol–water partition coefficient (Wildman–Crippen LogP) is 2.39. The van der Waals surface area contributed by atoms with E-state index in [2.05, 4.69) is 4.98 Å². The van der Waals surface area contributed by atoms with Crippen LogP contribution < -0.4 is 16.3 Å². The zero-order chi connectivity index (χ0) is 25.3. The highest BCUT2D eigenvalue weighted by atomic mass is 16.5. The molecule has 0 amide bonds. The molecule has 35 heavy (non-hydrogen) atoms. The Morgan fingerprint density at radius 2 is 1.94 bits per heavy atom. The zero-order valence-corrected chi connectivity index (χ0v) is 19.0. The summed E-state index contributed by atoms with van der Waals surface area (Å²) in [7, 11) is 0. The predicted molar refractivity (Wildman–Crippen MR) is 124 cm³/mol. The number of nitrogens with zero attached hydrogens (tertiary/aromatic N) is 2. The van der Waals surface area contributed by atoms with Crippen molar-refractivity contribution in [3.05, 3.63) is 88.3 Å². The molecular weight excluding hydrogens is 452 g/mol. The van der Waals surface area contributed by atoms with Gasteiger partial charge in [0.05, 0.1) is 16.8 Å². The maximum atomic E-state index is 13.1. The highest BCUT2D eigenvalue weighted by Crippen LogP contribution is 2.33. The smallest absolute Gasteiger partial charge is 0.347 e. The Morgan fingerprint density at radius 3 is 2.69 bits per heavy atom. The molecule has 2 heterocycles. The molecule has 1 aliphatic rings. The summed E-state index contributed by atoms with van der Waals surface area (Å²) in [6.07, 6.45) is 3.13. The maximum absolute atomic E-state index is 13.1. The van der Waals surface area contributed by atoms with Gasteiger partial charge in [0.2, 0.25) is 11.6 Å². The summed E-state index contributed by atoms with van der Waals surface area (Å²) >= 11 is 0. The zero-order valence-electron chi connectivity index (χ0n) is 19.0. The van der Waals surface area contributed by atoms with Gasteiger partial charge >= 0.3 is 5.97 Å². The standard InChI is InChI=1S/C25H22N4O6/c1-13(30)8-10-29(27)12-18(26)15-5-3-6-16(11-15)35-25(33)19-14(2)34-24-20(19)23(32)21-17(22(24)31)7-4-9-28-21/h3-7,9,11-12H,8,10,26-27H2,1-2H3/b18-12-. The maximum Gasteiger partial charge on any atom is 0.347 e. The van der Waals surface area contributed by atoms with Crippen LogP contribution in [0.4, 0.5) is 0 Å². The normalized spacial score (nSPS) is 12.7. The first kappa shape index (κ1) is 23.6. The van der Waals surface area contributed by atoms with Gasteiger partial charge in [0.15, 0.2) is 5.76 Å². The minimum Gasteiger partial charge on any atom is -0.456 e. The SMILES string of the molecule is CC(=O)CCN(N)/C=C(\N)c1cccc(OC(=O)c2c(C)oc3c2C(=O)c2ncccc2C3=O)c1. The number of pyridine rings is 1. The van der Waals surface area contributed by atoms with Crippen LogP contribution in [0.25, 0.3) is 5.70 Å². The van der Waals surface area contributed by atoms with Crippen molar-refractivity contribution in [1.29, 1.82) is 0 Å². The van der Waals surface area contributed by atoms with E-state index in [1.807, 2.05) is 0 Å². The minimum absolute atomic E-state index is 0.00230. The number of nitrogens with two attached hydrogens (primary N) is 2. The van der Waals surface area contributed by atoms with Gasteiger partial charge in [-0.25, -0.2) is 10.6 Å². The number of esters is 1. The fourth-order valence-electron chi connectivity index (χ4n) is 3.68. The van der Waals surface area contributed by atoms with E-state index in [4.69, 9.17) is 20.7 Å². The first-order valence-corrected chi connectivity index (χ1v) is 10.7. The number of carbonyl (C=O) groups is 4. The van der Waals surface area contributed by atoms with Gasteiger partial charge in [-0.15, -0.1) is 0 Å². The molecule has 0 aliphatic heterocycles. The van der Waals surface area contributed by atoms with Crippen molar-refractivity contribution in [2.45, 2.75) is 20.3 Å². The molecule has 0 atom stereocenters. The Labute approximate surface area is 200 Å². The van der Waals surface area contributed by atoms with Gasteiger partial charge in [-0.3, -0.25) is 19.4 Å². The van der Waals surface area contributed by atoms with Gasteiger partial charge in [-0.2, -0.15) is 0 Å². The van der Waals surface area contributed by atoms with Crippen LogP contribution in [0.3, 0.4) is 0 Å². The molecule has 0 saturated heterocycles. The largest absolute Gasteiger partial charge is 0.456 e. The molecule has 0 bridgehead atoms. The van der Waals surface area contributed by atoms with Crippen LogP contribution in [0.1, 0.15) is 67.2 Å². The average molecular weight is 474 g/mol. The monoisotopic (exact) mass is 474 g/mol. The van der Waals surface area contributed by atoms with E-state index in [1.165, 1.54) is 49.5 Å². The van der Waals surface area contributed by atoms with Crippen molar-refractivity contribution in [3.63, 3.8) is 0 Å². The summed E-state index contributed by atoms with van der Waals surface area (Å²) in [5.74, 6) is 3.88. The van der Waals surface area contributed by atoms with Gasteiger partial charge in [-0.05, 0) is 38.1 Å². The van der Waals surface area contributed by atoms with E-state index in [0.717, 1.165) is 0 Å². The molecule has 0 fully saturated rings. The van der Waals surface area contributed by atoms with Crippen LogP contribution in [0.15, 0.2) is 53.2 Å². The average Bonchev–Trinajstić information content (AvgIpc) is 3.19. The second kappa shape index (κ2) is 9.35. The van der Waals surface area contributed by atoms with Crippen molar-refractivity contribution in [1.82, 2.24) is 9.99 Å². The lowest BCUT2D eigenvalue weighted by molar-refractivity contribution is -0.117. The lowest BCUT2D eigenvalue weighted by atomic mass is 9.90. The van der Waals surface area contributed by atoms with Gasteiger partial charge in [0, 0.05) is 30.9 Å². The van der Waals surface area contributed by atoms with Crippen LogP contribution >= 0.6 is 0 Å². The molecule has 0 saturated carbocycles. The molecule has 3 aromatic rings.